The predicted molar refractivity (Wildman–Crippen MR) is 97.9 cm³/mol. The molecule has 1 aromatic carbocycles. The van der Waals surface area contributed by atoms with Crippen molar-refractivity contribution in [2.24, 2.45) is 5.92 Å². The van der Waals surface area contributed by atoms with Crippen LogP contribution in [0.3, 0.4) is 0 Å². The Kier molecular flexibility index (Phi) is 5.97. The fraction of sp³-hybridized carbons (Fsp3) is 0.550. The third-order valence-corrected chi connectivity index (χ3v) is 5.16. The van der Waals surface area contributed by atoms with Crippen LogP contribution in [0.2, 0.25) is 0 Å². The molecule has 1 saturated heterocycles. The molecule has 2 aliphatic rings. The quantitative estimate of drug-likeness (QED) is 0.744. The van der Waals surface area contributed by atoms with Gasteiger partial charge in [0.1, 0.15) is 11.5 Å². The first-order valence-electron chi connectivity index (χ1n) is 9.07. The molecule has 0 saturated carbocycles. The zero-order chi connectivity index (χ0) is 17.6. The fourth-order valence-electron chi connectivity index (χ4n) is 3.62. The van der Waals surface area contributed by atoms with Gasteiger partial charge in [-0.3, -0.25) is 9.69 Å². The molecule has 3 rings (SSSR count). The van der Waals surface area contributed by atoms with Crippen molar-refractivity contribution in [1.82, 2.24) is 9.80 Å². The minimum absolute atomic E-state index is 0.301. The largest absolute Gasteiger partial charge is 0.497 e. The molecule has 1 atom stereocenters. The average Bonchev–Trinajstić information content (AvgIpc) is 3.15. The van der Waals surface area contributed by atoms with Gasteiger partial charge >= 0.3 is 0 Å². The van der Waals surface area contributed by atoms with Crippen LogP contribution in [0.1, 0.15) is 24.8 Å². The summed E-state index contributed by atoms with van der Waals surface area (Å²) in [7, 11) is 3.37. The van der Waals surface area contributed by atoms with Crippen molar-refractivity contribution in [3.8, 4) is 11.5 Å². The molecule has 1 aliphatic heterocycles. The molecule has 1 fully saturated rings. The van der Waals surface area contributed by atoms with Crippen molar-refractivity contribution in [2.45, 2.75) is 25.8 Å². The van der Waals surface area contributed by atoms with E-state index >= 15 is 0 Å². The SMILES string of the molecule is COc1ccc(OC)c(CN2CCN(C(=O)CC3C=CCC3)CC2)c1. The molecule has 1 aliphatic carbocycles. The molecular weight excluding hydrogens is 316 g/mol. The fourth-order valence-corrected chi connectivity index (χ4v) is 3.62. The number of methoxy groups -OCH3 is 2. The second-order valence-electron chi connectivity index (χ2n) is 6.80. The van der Waals surface area contributed by atoms with Crippen molar-refractivity contribution in [2.75, 3.05) is 40.4 Å². The van der Waals surface area contributed by atoms with E-state index < -0.39 is 0 Å². The summed E-state index contributed by atoms with van der Waals surface area (Å²) in [6.07, 6.45) is 7.30. The van der Waals surface area contributed by atoms with Crippen molar-refractivity contribution < 1.29 is 14.3 Å². The van der Waals surface area contributed by atoms with Crippen molar-refractivity contribution in [1.29, 1.82) is 0 Å². The summed E-state index contributed by atoms with van der Waals surface area (Å²) in [4.78, 5) is 16.8. The van der Waals surface area contributed by atoms with Crippen LogP contribution < -0.4 is 9.47 Å². The summed E-state index contributed by atoms with van der Waals surface area (Å²) in [5.41, 5.74) is 1.12. The highest BCUT2D eigenvalue weighted by Gasteiger charge is 2.24. The maximum Gasteiger partial charge on any atom is 0.223 e. The van der Waals surface area contributed by atoms with E-state index in [1.165, 1.54) is 0 Å². The first kappa shape index (κ1) is 17.8. The third-order valence-electron chi connectivity index (χ3n) is 5.16. The van der Waals surface area contributed by atoms with Crippen LogP contribution in [0.15, 0.2) is 30.4 Å². The molecule has 1 amide bonds. The molecule has 0 spiro atoms. The van der Waals surface area contributed by atoms with Crippen molar-refractivity contribution in [3.63, 3.8) is 0 Å². The smallest absolute Gasteiger partial charge is 0.223 e. The van der Waals surface area contributed by atoms with Gasteiger partial charge in [0.15, 0.2) is 0 Å². The number of ether oxygens (including phenoxy) is 2. The van der Waals surface area contributed by atoms with Crippen molar-refractivity contribution in [3.05, 3.63) is 35.9 Å². The zero-order valence-corrected chi connectivity index (χ0v) is 15.2. The zero-order valence-electron chi connectivity index (χ0n) is 15.2. The Morgan fingerprint density at radius 2 is 1.96 bits per heavy atom. The lowest BCUT2D eigenvalue weighted by molar-refractivity contribution is -0.133. The standard InChI is InChI=1S/C20H28N2O3/c1-24-18-7-8-19(25-2)17(14-18)15-21-9-11-22(12-10-21)20(23)13-16-5-3-4-6-16/h3,5,7-8,14,16H,4,6,9-13,15H2,1-2H3. The van der Waals surface area contributed by atoms with Gasteiger partial charge in [-0.1, -0.05) is 12.2 Å². The number of amides is 1. The van der Waals surface area contributed by atoms with Gasteiger partial charge < -0.3 is 14.4 Å². The first-order chi connectivity index (χ1) is 12.2. The second kappa shape index (κ2) is 8.39. The molecule has 0 radical (unpaired) electrons. The summed E-state index contributed by atoms with van der Waals surface area (Å²) in [6.45, 7) is 4.22. The number of rotatable bonds is 6. The minimum atomic E-state index is 0.301. The lowest BCUT2D eigenvalue weighted by atomic mass is 10.0. The number of carbonyl (C=O) groups excluding carboxylic acids is 1. The number of allylic oxidation sites excluding steroid dienone is 2. The van der Waals surface area contributed by atoms with Gasteiger partial charge in [0.25, 0.3) is 0 Å². The average molecular weight is 344 g/mol. The maximum atomic E-state index is 12.4. The van der Waals surface area contributed by atoms with E-state index in [0.29, 0.717) is 18.2 Å². The van der Waals surface area contributed by atoms with E-state index in [-0.39, 0.29) is 0 Å². The van der Waals surface area contributed by atoms with Crippen molar-refractivity contribution >= 4 is 5.91 Å². The number of piperazine rings is 1. The molecule has 5 nitrogen and oxygen atoms in total. The van der Waals surface area contributed by atoms with Gasteiger partial charge in [-0.25, -0.2) is 0 Å². The Morgan fingerprint density at radius 1 is 1.16 bits per heavy atom. The van der Waals surface area contributed by atoms with Gasteiger partial charge in [-0.2, -0.15) is 0 Å². The third kappa shape index (κ3) is 4.54. The van der Waals surface area contributed by atoms with E-state index in [2.05, 4.69) is 17.1 Å². The monoisotopic (exact) mass is 344 g/mol. The second-order valence-corrected chi connectivity index (χ2v) is 6.80. The summed E-state index contributed by atoms with van der Waals surface area (Å²) in [5, 5.41) is 0. The van der Waals surface area contributed by atoms with E-state index in [1.807, 2.05) is 23.1 Å². The Labute approximate surface area is 150 Å². The van der Waals surface area contributed by atoms with Crippen LogP contribution >= 0.6 is 0 Å². The molecule has 136 valence electrons. The summed E-state index contributed by atoms with van der Waals surface area (Å²) in [5.74, 6) is 2.48. The van der Waals surface area contributed by atoms with E-state index in [4.69, 9.17) is 9.47 Å². The van der Waals surface area contributed by atoms with Crippen LogP contribution in [-0.2, 0) is 11.3 Å². The Balaban J connectivity index is 1.52. The van der Waals surface area contributed by atoms with E-state index in [9.17, 15) is 4.79 Å². The highest BCUT2D eigenvalue weighted by Crippen LogP contribution is 2.26. The maximum absolute atomic E-state index is 12.4. The van der Waals surface area contributed by atoms with E-state index in [0.717, 1.165) is 62.6 Å². The molecule has 1 unspecified atom stereocenters. The van der Waals surface area contributed by atoms with Gasteiger partial charge in [-0.15, -0.1) is 0 Å². The number of hydrogen-bond donors (Lipinski definition) is 0. The molecule has 0 bridgehead atoms. The molecule has 1 aromatic rings. The molecule has 1 heterocycles. The lowest BCUT2D eigenvalue weighted by Gasteiger charge is -2.35. The van der Waals surface area contributed by atoms with Crippen LogP contribution in [0, 0.1) is 5.92 Å². The van der Waals surface area contributed by atoms with Gasteiger partial charge in [0.05, 0.1) is 14.2 Å². The molecular formula is C20H28N2O3. The van der Waals surface area contributed by atoms with E-state index in [1.54, 1.807) is 14.2 Å². The Hall–Kier alpha value is -2.01. The number of benzene rings is 1. The van der Waals surface area contributed by atoms with Gasteiger partial charge in [0, 0.05) is 44.7 Å². The number of nitrogens with zero attached hydrogens (tertiary/aromatic N) is 2. The first-order valence-corrected chi connectivity index (χ1v) is 9.07. The number of hydrogen-bond acceptors (Lipinski definition) is 4. The lowest BCUT2D eigenvalue weighted by Crippen LogP contribution is -2.48. The van der Waals surface area contributed by atoms with Crippen LogP contribution in [0.25, 0.3) is 0 Å². The normalized spacial score (nSPS) is 20.7. The predicted octanol–water partition coefficient (Wildman–Crippen LogP) is 2.70. The topological polar surface area (TPSA) is 42.0 Å². The molecule has 25 heavy (non-hydrogen) atoms. The summed E-state index contributed by atoms with van der Waals surface area (Å²) in [6, 6.07) is 5.89. The molecule has 5 heteroatoms. The van der Waals surface area contributed by atoms with Gasteiger partial charge in [-0.05, 0) is 37.0 Å². The summed E-state index contributed by atoms with van der Waals surface area (Å²) < 4.78 is 10.8. The Morgan fingerprint density at radius 3 is 2.60 bits per heavy atom. The highest BCUT2D eigenvalue weighted by molar-refractivity contribution is 5.76. The van der Waals surface area contributed by atoms with Crippen LogP contribution in [0.5, 0.6) is 11.5 Å². The molecule has 0 aromatic heterocycles. The highest BCUT2D eigenvalue weighted by atomic mass is 16.5. The van der Waals surface area contributed by atoms with Crippen LogP contribution in [-0.4, -0.2) is 56.1 Å². The minimum Gasteiger partial charge on any atom is -0.497 e. The number of carbonyl (C=O) groups is 1. The Bertz CT molecular complexity index is 621. The summed E-state index contributed by atoms with van der Waals surface area (Å²) >= 11 is 0. The van der Waals surface area contributed by atoms with Gasteiger partial charge in [0.2, 0.25) is 5.91 Å². The van der Waals surface area contributed by atoms with Crippen LogP contribution in [0.4, 0.5) is 0 Å². The molecule has 0 N–H and O–H groups in total.